The van der Waals surface area contributed by atoms with Crippen molar-refractivity contribution in [1.29, 1.82) is 0 Å². The lowest BCUT2D eigenvalue weighted by atomic mass is 9.97. The van der Waals surface area contributed by atoms with E-state index in [9.17, 15) is 18.0 Å². The molecule has 0 saturated carbocycles. The molecule has 0 bridgehead atoms. The molecule has 1 aliphatic heterocycles. The number of rotatable bonds is 2. The highest BCUT2D eigenvalue weighted by Gasteiger charge is 2.42. The topological polar surface area (TPSA) is 20.3 Å². The predicted octanol–water partition coefficient (Wildman–Crippen LogP) is 2.42. The molecule has 0 spiro atoms. The summed E-state index contributed by atoms with van der Waals surface area (Å²) in [6.07, 6.45) is -3.54. The lowest BCUT2D eigenvalue weighted by Crippen LogP contribution is -2.44. The molecule has 1 atom stereocenters. The van der Waals surface area contributed by atoms with Crippen LogP contribution in [0.2, 0.25) is 0 Å². The first-order chi connectivity index (χ1) is 6.95. The Hall–Kier alpha value is -0.450. The second-order valence-corrected chi connectivity index (χ2v) is 4.04. The molecule has 88 valence electrons. The van der Waals surface area contributed by atoms with Gasteiger partial charge in [0.25, 0.3) is 0 Å². The number of piperidine rings is 1. The maximum absolute atomic E-state index is 12.4. The Morgan fingerprint density at radius 3 is 2.67 bits per heavy atom. The molecule has 1 amide bonds. The van der Waals surface area contributed by atoms with Crippen LogP contribution in [0, 0.1) is 5.92 Å². The molecule has 1 saturated heterocycles. The predicted molar refractivity (Wildman–Crippen MR) is 50.7 cm³/mol. The molecule has 0 N–H and O–H groups in total. The van der Waals surface area contributed by atoms with E-state index in [2.05, 4.69) is 0 Å². The number of alkyl halides is 4. The Kier molecular flexibility index (Phi) is 4.25. The number of nitrogens with zero attached hydrogens (tertiary/aromatic N) is 1. The average Bonchev–Trinajstić information content (AvgIpc) is 2.17. The zero-order valence-electron chi connectivity index (χ0n) is 8.19. The van der Waals surface area contributed by atoms with Crippen molar-refractivity contribution >= 4 is 17.5 Å². The number of likely N-dealkylation sites (tertiary alicyclic amines) is 1. The van der Waals surface area contributed by atoms with Gasteiger partial charge in [0.15, 0.2) is 0 Å². The highest BCUT2D eigenvalue weighted by atomic mass is 35.5. The Morgan fingerprint density at radius 1 is 1.47 bits per heavy atom. The summed E-state index contributed by atoms with van der Waals surface area (Å²) in [5, 5.41) is 0. The molecule has 6 heteroatoms. The normalized spacial score (nSPS) is 22.9. The summed E-state index contributed by atoms with van der Waals surface area (Å²) >= 11 is 5.37. The van der Waals surface area contributed by atoms with E-state index in [1.807, 2.05) is 0 Å². The van der Waals surface area contributed by atoms with Crippen molar-refractivity contribution in [2.24, 2.45) is 5.92 Å². The van der Waals surface area contributed by atoms with Gasteiger partial charge >= 0.3 is 6.18 Å². The SMILES string of the molecule is O=C(CCCl)N1CCCC(C(F)(F)F)C1. The van der Waals surface area contributed by atoms with Crippen LogP contribution in [0.5, 0.6) is 0 Å². The molecule has 2 nitrogen and oxygen atoms in total. The third kappa shape index (κ3) is 3.55. The molecule has 0 aromatic rings. The average molecular weight is 244 g/mol. The zero-order valence-corrected chi connectivity index (χ0v) is 8.94. The Balaban J connectivity index is 2.52. The van der Waals surface area contributed by atoms with Gasteiger partial charge in [0.2, 0.25) is 5.91 Å². The largest absolute Gasteiger partial charge is 0.393 e. The quantitative estimate of drug-likeness (QED) is 0.682. The standard InChI is InChI=1S/C9H13ClF3NO/c10-4-3-8(15)14-5-1-2-7(6-14)9(11,12)13/h7H,1-6H2. The number of carbonyl (C=O) groups is 1. The molecule has 0 aliphatic carbocycles. The van der Waals surface area contributed by atoms with Crippen molar-refractivity contribution in [2.75, 3.05) is 19.0 Å². The molecule has 1 unspecified atom stereocenters. The van der Waals surface area contributed by atoms with Crippen LogP contribution in [0.3, 0.4) is 0 Å². The fourth-order valence-electron chi connectivity index (χ4n) is 1.71. The molecule has 0 aromatic carbocycles. The molecule has 1 fully saturated rings. The minimum absolute atomic E-state index is 0.117. The van der Waals surface area contributed by atoms with Crippen LogP contribution in [-0.4, -0.2) is 36.0 Å². The maximum atomic E-state index is 12.4. The van der Waals surface area contributed by atoms with E-state index < -0.39 is 12.1 Å². The third-order valence-electron chi connectivity index (χ3n) is 2.55. The number of hydrogen-bond acceptors (Lipinski definition) is 1. The zero-order chi connectivity index (χ0) is 11.5. The first-order valence-corrected chi connectivity index (χ1v) is 5.39. The molecule has 1 aliphatic rings. The van der Waals surface area contributed by atoms with Crippen LogP contribution in [-0.2, 0) is 4.79 Å². The van der Waals surface area contributed by atoms with Gasteiger partial charge in [-0.2, -0.15) is 13.2 Å². The second kappa shape index (κ2) is 5.05. The highest BCUT2D eigenvalue weighted by molar-refractivity contribution is 6.18. The summed E-state index contributed by atoms with van der Waals surface area (Å²) < 4.78 is 37.2. The van der Waals surface area contributed by atoms with E-state index in [1.54, 1.807) is 0 Å². The van der Waals surface area contributed by atoms with Crippen molar-refractivity contribution in [2.45, 2.75) is 25.4 Å². The summed E-state index contributed by atoms with van der Waals surface area (Å²) in [6.45, 7) is 0.210. The molecule has 0 radical (unpaired) electrons. The van der Waals surface area contributed by atoms with Gasteiger partial charge < -0.3 is 4.90 Å². The molecule has 0 aromatic heterocycles. The van der Waals surface area contributed by atoms with E-state index in [-0.39, 0.29) is 31.2 Å². The number of hydrogen-bond donors (Lipinski definition) is 0. The fourth-order valence-corrected chi connectivity index (χ4v) is 1.87. The Bertz CT molecular complexity index is 232. The summed E-state index contributed by atoms with van der Waals surface area (Å²) in [5.74, 6) is -1.49. The van der Waals surface area contributed by atoms with Crippen LogP contribution >= 0.6 is 11.6 Å². The first kappa shape index (κ1) is 12.6. The fraction of sp³-hybridized carbons (Fsp3) is 0.889. The summed E-state index contributed by atoms with van der Waals surface area (Å²) in [5.41, 5.74) is 0. The number of amides is 1. The minimum atomic E-state index is -4.19. The van der Waals surface area contributed by atoms with E-state index >= 15 is 0 Å². The van der Waals surface area contributed by atoms with Gasteiger partial charge in [-0.1, -0.05) is 0 Å². The van der Waals surface area contributed by atoms with Gasteiger partial charge in [0, 0.05) is 25.4 Å². The third-order valence-corrected chi connectivity index (χ3v) is 2.73. The van der Waals surface area contributed by atoms with Crippen LogP contribution in [0.4, 0.5) is 13.2 Å². The monoisotopic (exact) mass is 243 g/mol. The van der Waals surface area contributed by atoms with Gasteiger partial charge in [-0.05, 0) is 12.8 Å². The van der Waals surface area contributed by atoms with Crippen molar-refractivity contribution in [3.05, 3.63) is 0 Å². The number of halogens is 4. The van der Waals surface area contributed by atoms with Crippen molar-refractivity contribution in [3.8, 4) is 0 Å². The van der Waals surface area contributed by atoms with Crippen molar-refractivity contribution in [1.82, 2.24) is 4.90 Å². The van der Waals surface area contributed by atoms with E-state index in [1.165, 1.54) is 4.90 Å². The number of carbonyl (C=O) groups excluding carboxylic acids is 1. The molecular formula is C9H13ClF3NO. The summed E-state index contributed by atoms with van der Waals surface area (Å²) in [7, 11) is 0. The minimum Gasteiger partial charge on any atom is -0.342 e. The lowest BCUT2D eigenvalue weighted by Gasteiger charge is -2.33. The second-order valence-electron chi connectivity index (χ2n) is 3.66. The van der Waals surface area contributed by atoms with E-state index in [0.717, 1.165) is 0 Å². The molecule has 15 heavy (non-hydrogen) atoms. The van der Waals surface area contributed by atoms with Gasteiger partial charge in [-0.25, -0.2) is 0 Å². The van der Waals surface area contributed by atoms with Gasteiger partial charge in [-0.3, -0.25) is 4.79 Å². The first-order valence-electron chi connectivity index (χ1n) is 4.85. The molecule has 1 rings (SSSR count). The van der Waals surface area contributed by atoms with E-state index in [4.69, 9.17) is 11.6 Å². The van der Waals surface area contributed by atoms with Crippen molar-refractivity contribution in [3.63, 3.8) is 0 Å². The van der Waals surface area contributed by atoms with E-state index in [0.29, 0.717) is 13.0 Å². The van der Waals surface area contributed by atoms with Crippen LogP contribution in [0.15, 0.2) is 0 Å². The lowest BCUT2D eigenvalue weighted by molar-refractivity contribution is -0.188. The molecular weight excluding hydrogens is 231 g/mol. The Morgan fingerprint density at radius 2 is 2.13 bits per heavy atom. The van der Waals surface area contributed by atoms with Gasteiger partial charge in [0.05, 0.1) is 5.92 Å². The van der Waals surface area contributed by atoms with Crippen molar-refractivity contribution < 1.29 is 18.0 Å². The summed E-state index contributed by atoms with van der Waals surface area (Å²) in [4.78, 5) is 12.6. The highest BCUT2D eigenvalue weighted by Crippen LogP contribution is 2.33. The van der Waals surface area contributed by atoms with Crippen LogP contribution in [0.25, 0.3) is 0 Å². The Labute approximate surface area is 91.4 Å². The van der Waals surface area contributed by atoms with Gasteiger partial charge in [0.1, 0.15) is 0 Å². The van der Waals surface area contributed by atoms with Gasteiger partial charge in [-0.15, -0.1) is 11.6 Å². The molecule has 1 heterocycles. The maximum Gasteiger partial charge on any atom is 0.393 e. The smallest absolute Gasteiger partial charge is 0.342 e. The summed E-state index contributed by atoms with van der Waals surface area (Å²) in [6, 6.07) is 0. The van der Waals surface area contributed by atoms with Crippen LogP contribution < -0.4 is 0 Å². The van der Waals surface area contributed by atoms with Crippen LogP contribution in [0.1, 0.15) is 19.3 Å².